The van der Waals surface area contributed by atoms with Crippen molar-refractivity contribution in [1.29, 1.82) is 0 Å². The van der Waals surface area contributed by atoms with Gasteiger partial charge >= 0.3 is 0 Å². The van der Waals surface area contributed by atoms with Gasteiger partial charge in [-0.2, -0.15) is 0 Å². The van der Waals surface area contributed by atoms with E-state index in [-0.39, 0.29) is 0 Å². The van der Waals surface area contributed by atoms with E-state index in [4.69, 9.17) is 4.99 Å². The molecule has 1 rings (SSSR count). The molecule has 124 valence electrons. The van der Waals surface area contributed by atoms with Crippen LogP contribution >= 0.6 is 0 Å². The molecule has 0 saturated heterocycles. The van der Waals surface area contributed by atoms with E-state index < -0.39 is 0 Å². The Hall–Kier alpha value is -1.55. The number of nitrogens with zero attached hydrogens (tertiary/aromatic N) is 2. The molecule has 0 bridgehead atoms. The van der Waals surface area contributed by atoms with Crippen LogP contribution in [0.25, 0.3) is 0 Å². The molecule has 0 spiro atoms. The van der Waals surface area contributed by atoms with E-state index >= 15 is 0 Å². The summed E-state index contributed by atoms with van der Waals surface area (Å²) in [6.07, 6.45) is 1.09. The maximum atomic E-state index is 4.72. The van der Waals surface area contributed by atoms with E-state index in [9.17, 15) is 0 Å². The van der Waals surface area contributed by atoms with Gasteiger partial charge < -0.3 is 10.6 Å². The topological polar surface area (TPSA) is 39.7 Å². The molecule has 0 radical (unpaired) electrons. The van der Waals surface area contributed by atoms with Crippen molar-refractivity contribution < 1.29 is 0 Å². The first-order chi connectivity index (χ1) is 10.6. The minimum absolute atomic E-state index is 0.396. The largest absolute Gasteiger partial charge is 0.357 e. The normalized spacial score (nSPS) is 14.7. The van der Waals surface area contributed by atoms with E-state index in [1.807, 2.05) is 0 Å². The second-order valence-electron chi connectivity index (χ2n) is 5.92. The molecule has 0 saturated carbocycles. The Bertz CT molecular complexity index is 430. The first-order valence-electron chi connectivity index (χ1n) is 8.35. The molecule has 0 aliphatic heterocycles. The molecule has 2 atom stereocenters. The summed E-state index contributed by atoms with van der Waals surface area (Å²) < 4.78 is 0. The Kier molecular flexibility index (Phi) is 8.60. The third kappa shape index (κ3) is 6.94. The lowest BCUT2D eigenvalue weighted by Gasteiger charge is -2.24. The van der Waals surface area contributed by atoms with Crippen LogP contribution in [0.15, 0.2) is 35.3 Å². The van der Waals surface area contributed by atoms with Crippen LogP contribution in [0.2, 0.25) is 0 Å². The quantitative estimate of drug-likeness (QED) is 0.573. The zero-order valence-electron chi connectivity index (χ0n) is 14.8. The molecule has 22 heavy (non-hydrogen) atoms. The molecule has 4 nitrogen and oxygen atoms in total. The van der Waals surface area contributed by atoms with Gasteiger partial charge in [-0.05, 0) is 39.8 Å². The predicted octanol–water partition coefficient (Wildman–Crippen LogP) is 2.86. The molecule has 2 N–H and O–H groups in total. The van der Waals surface area contributed by atoms with Crippen molar-refractivity contribution in [2.24, 2.45) is 4.99 Å². The van der Waals surface area contributed by atoms with Crippen LogP contribution in [-0.2, 0) is 6.54 Å². The zero-order valence-corrected chi connectivity index (χ0v) is 14.8. The summed E-state index contributed by atoms with van der Waals surface area (Å²) in [5.41, 5.74) is 1.34. The summed E-state index contributed by atoms with van der Waals surface area (Å²) in [5, 5.41) is 6.74. The maximum absolute atomic E-state index is 4.72. The standard InChI is InChI=1S/C18H32N4/c1-6-15(3)21-18(19-7-2)20-13-16(4)22(5)14-17-11-9-8-10-12-17/h8-12,15-16H,6-7,13-14H2,1-5H3,(H2,19,20,21). The first kappa shape index (κ1) is 18.5. The third-order valence-corrected chi connectivity index (χ3v) is 3.88. The fourth-order valence-corrected chi connectivity index (χ4v) is 2.05. The van der Waals surface area contributed by atoms with Crippen molar-refractivity contribution in [2.75, 3.05) is 20.1 Å². The van der Waals surface area contributed by atoms with Gasteiger partial charge in [-0.3, -0.25) is 9.89 Å². The van der Waals surface area contributed by atoms with E-state index in [1.54, 1.807) is 0 Å². The highest BCUT2D eigenvalue weighted by Gasteiger charge is 2.10. The molecule has 0 amide bonds. The molecule has 1 aromatic carbocycles. The minimum Gasteiger partial charge on any atom is -0.357 e. The second-order valence-corrected chi connectivity index (χ2v) is 5.92. The average molecular weight is 304 g/mol. The predicted molar refractivity (Wildman–Crippen MR) is 96.2 cm³/mol. The van der Waals surface area contributed by atoms with Crippen LogP contribution in [0.1, 0.15) is 39.7 Å². The lowest BCUT2D eigenvalue weighted by molar-refractivity contribution is 0.255. The molecule has 2 unspecified atom stereocenters. The SMILES string of the molecule is CCNC(=NCC(C)N(C)Cc1ccccc1)NC(C)CC. The van der Waals surface area contributed by atoms with Gasteiger partial charge in [-0.25, -0.2) is 0 Å². The molecule has 0 aromatic heterocycles. The van der Waals surface area contributed by atoms with Crippen molar-refractivity contribution in [2.45, 2.75) is 52.7 Å². The van der Waals surface area contributed by atoms with Gasteiger partial charge in [-0.15, -0.1) is 0 Å². The number of hydrogen-bond acceptors (Lipinski definition) is 2. The van der Waals surface area contributed by atoms with Crippen molar-refractivity contribution in [3.63, 3.8) is 0 Å². The number of nitrogens with one attached hydrogen (secondary N) is 2. The highest BCUT2D eigenvalue weighted by Crippen LogP contribution is 2.06. The maximum Gasteiger partial charge on any atom is 0.191 e. The Balaban J connectivity index is 2.53. The Morgan fingerprint density at radius 3 is 2.45 bits per heavy atom. The van der Waals surface area contributed by atoms with Gasteiger partial charge in [0, 0.05) is 25.2 Å². The van der Waals surface area contributed by atoms with Crippen LogP contribution in [0.3, 0.4) is 0 Å². The monoisotopic (exact) mass is 304 g/mol. The smallest absolute Gasteiger partial charge is 0.191 e. The van der Waals surface area contributed by atoms with E-state index in [0.29, 0.717) is 12.1 Å². The van der Waals surface area contributed by atoms with Crippen LogP contribution in [0.5, 0.6) is 0 Å². The highest BCUT2D eigenvalue weighted by atomic mass is 15.2. The molecule has 1 aromatic rings. The fourth-order valence-electron chi connectivity index (χ4n) is 2.05. The highest BCUT2D eigenvalue weighted by molar-refractivity contribution is 5.80. The molecule has 0 aliphatic rings. The number of benzene rings is 1. The number of likely N-dealkylation sites (N-methyl/N-ethyl adjacent to an activating group) is 1. The van der Waals surface area contributed by atoms with Crippen LogP contribution in [0.4, 0.5) is 0 Å². The average Bonchev–Trinajstić information content (AvgIpc) is 2.53. The van der Waals surface area contributed by atoms with Crippen LogP contribution in [0, 0.1) is 0 Å². The molecule has 4 heteroatoms. The molecule has 0 fully saturated rings. The first-order valence-corrected chi connectivity index (χ1v) is 8.35. The minimum atomic E-state index is 0.396. The van der Waals surface area contributed by atoms with E-state index in [0.717, 1.165) is 32.0 Å². The Morgan fingerprint density at radius 2 is 1.86 bits per heavy atom. The van der Waals surface area contributed by atoms with E-state index in [1.165, 1.54) is 5.56 Å². The molecular formula is C18H32N4. The summed E-state index contributed by atoms with van der Waals surface area (Å²) in [5.74, 6) is 0.914. The van der Waals surface area contributed by atoms with Gasteiger partial charge in [0.15, 0.2) is 5.96 Å². The molecular weight excluding hydrogens is 272 g/mol. The lowest BCUT2D eigenvalue weighted by atomic mass is 10.2. The lowest BCUT2D eigenvalue weighted by Crippen LogP contribution is -2.43. The van der Waals surface area contributed by atoms with Crippen molar-refractivity contribution in [3.8, 4) is 0 Å². The molecule has 0 heterocycles. The summed E-state index contributed by atoms with van der Waals surface area (Å²) in [6, 6.07) is 11.4. The van der Waals surface area contributed by atoms with Crippen molar-refractivity contribution in [1.82, 2.24) is 15.5 Å². The number of rotatable bonds is 8. The number of hydrogen-bond donors (Lipinski definition) is 2. The summed E-state index contributed by atoms with van der Waals surface area (Å²) >= 11 is 0. The Morgan fingerprint density at radius 1 is 1.18 bits per heavy atom. The molecule has 0 aliphatic carbocycles. The zero-order chi connectivity index (χ0) is 16.4. The van der Waals surface area contributed by atoms with Crippen molar-refractivity contribution >= 4 is 5.96 Å². The fraction of sp³-hybridized carbons (Fsp3) is 0.611. The van der Waals surface area contributed by atoms with Gasteiger partial charge in [0.2, 0.25) is 0 Å². The van der Waals surface area contributed by atoms with Crippen LogP contribution < -0.4 is 10.6 Å². The van der Waals surface area contributed by atoms with Crippen LogP contribution in [-0.4, -0.2) is 43.1 Å². The second kappa shape index (κ2) is 10.2. The van der Waals surface area contributed by atoms with Gasteiger partial charge in [0.05, 0.1) is 6.54 Å². The summed E-state index contributed by atoms with van der Waals surface area (Å²) in [4.78, 5) is 7.06. The summed E-state index contributed by atoms with van der Waals surface area (Å²) in [6.45, 7) is 11.3. The Labute approximate surface area is 136 Å². The summed E-state index contributed by atoms with van der Waals surface area (Å²) in [7, 11) is 2.15. The number of guanidine groups is 1. The van der Waals surface area contributed by atoms with Gasteiger partial charge in [0.1, 0.15) is 0 Å². The third-order valence-electron chi connectivity index (χ3n) is 3.88. The van der Waals surface area contributed by atoms with Crippen molar-refractivity contribution in [3.05, 3.63) is 35.9 Å². The number of aliphatic imine (C=N–C) groups is 1. The van der Waals surface area contributed by atoms with Gasteiger partial charge in [0.25, 0.3) is 0 Å². The van der Waals surface area contributed by atoms with E-state index in [2.05, 4.69) is 80.6 Å². The van der Waals surface area contributed by atoms with Gasteiger partial charge in [-0.1, -0.05) is 37.3 Å².